The van der Waals surface area contributed by atoms with E-state index in [9.17, 15) is 28.8 Å². The number of nitrogens with zero attached hydrogens (tertiary/aromatic N) is 11. The molecule has 5 aromatic heterocycles. The molecule has 29 nitrogen and oxygen atoms in total. The first kappa shape index (κ1) is 37.4. The van der Waals surface area contributed by atoms with Crippen molar-refractivity contribution in [1.82, 2.24) is 81.8 Å². The Kier molecular flexibility index (Phi) is 15.6. The molecule has 0 amide bonds. The Morgan fingerprint density at radius 3 is 1.72 bits per heavy atom. The molecule has 5 aromatic rings. The molecule has 0 fully saturated rings. The van der Waals surface area contributed by atoms with Crippen molar-refractivity contribution in [3.8, 4) is 0 Å². The van der Waals surface area contributed by atoms with Crippen LogP contribution in [0.4, 0.5) is 0 Å². The number of aromatic amines is 5. The highest BCUT2D eigenvalue weighted by Crippen LogP contribution is 1.99. The predicted molar refractivity (Wildman–Crippen MR) is 137 cm³/mol. The summed E-state index contributed by atoms with van der Waals surface area (Å²) in [5.41, 5.74) is -1.24. The van der Waals surface area contributed by atoms with Gasteiger partial charge in [-0.2, -0.15) is 30.8 Å². The molecule has 11 N–H and O–H groups in total. The zero-order chi connectivity index (χ0) is 35.4. The molecular formula is C18H20N16O13. The van der Waals surface area contributed by atoms with E-state index in [0.29, 0.717) is 18.3 Å². The van der Waals surface area contributed by atoms with Gasteiger partial charge in [-0.1, -0.05) is 5.21 Å². The van der Waals surface area contributed by atoms with Gasteiger partial charge in [0.15, 0.2) is 11.5 Å². The highest BCUT2D eigenvalue weighted by atomic mass is 16.5. The van der Waals surface area contributed by atoms with Crippen molar-refractivity contribution in [2.75, 3.05) is 7.11 Å². The highest BCUT2D eigenvalue weighted by Gasteiger charge is 2.20. The lowest BCUT2D eigenvalue weighted by atomic mass is 10.3. The normalized spacial score (nSPS) is 9.38. The van der Waals surface area contributed by atoms with E-state index in [-0.39, 0.29) is 12.1 Å². The molecule has 0 saturated carbocycles. The molecule has 47 heavy (non-hydrogen) atoms. The third-order valence-electron chi connectivity index (χ3n) is 3.91. The Bertz CT molecular complexity index is 1640. The van der Waals surface area contributed by atoms with Crippen LogP contribution < -0.4 is 0 Å². The molecule has 5 heterocycles. The number of aromatic carboxylic acids is 5. The summed E-state index contributed by atoms with van der Waals surface area (Å²) in [5, 5.41) is 90.2. The molecule has 0 saturated heterocycles. The van der Waals surface area contributed by atoms with E-state index < -0.39 is 58.9 Å². The number of aromatic nitrogens is 16. The van der Waals surface area contributed by atoms with Crippen molar-refractivity contribution in [2.24, 2.45) is 0 Å². The van der Waals surface area contributed by atoms with Gasteiger partial charge in [-0.25, -0.2) is 29.0 Å². The largest absolute Gasteiger partial charge is 0.481 e. The lowest BCUT2D eigenvalue weighted by molar-refractivity contribution is -0.136. The van der Waals surface area contributed by atoms with E-state index in [0.717, 1.165) is 6.20 Å². The van der Waals surface area contributed by atoms with Gasteiger partial charge in [0, 0.05) is 7.11 Å². The molecule has 0 aliphatic carbocycles. The average molecular weight is 668 g/mol. The molecule has 0 atom stereocenters. The standard InChI is InChI=1S/2C4H3N3O4.C4H5N3O2.C3H6N4O.C3H3N3O2/c8-3(9)1-5-2(4(10)11)7-6-1;8-3(9)1-2(4(10)11)6-7-5-1;8-4(9)1-3-5-2-6-7-3;1-8-2-3-4-6-7-5-3;7-3(8)2-1-4-6-5-2/h2*(H,8,9)(H,10,11)(H,5,6,7);2H,1H2,(H,8,9)(H,5,6,7);2H2,1H3,(H,4,5,6,7);1H,(H,7,8)(H,4,5,6). The molecule has 0 aliphatic rings. The van der Waals surface area contributed by atoms with Crippen LogP contribution in [0.2, 0.25) is 0 Å². The molecule has 5 rings (SSSR count). The van der Waals surface area contributed by atoms with E-state index in [4.69, 9.17) is 35.4 Å². The number of nitrogens with one attached hydrogen (secondary N) is 5. The van der Waals surface area contributed by atoms with Gasteiger partial charge in [0.1, 0.15) is 25.2 Å². The third-order valence-corrected chi connectivity index (χ3v) is 3.91. The van der Waals surface area contributed by atoms with Gasteiger partial charge < -0.3 is 35.4 Å². The molecule has 250 valence electrons. The smallest absolute Gasteiger partial charge is 0.375 e. The first-order valence-electron chi connectivity index (χ1n) is 11.4. The number of carboxylic acids is 6. The minimum Gasteiger partial charge on any atom is -0.481 e. The fourth-order valence-electron chi connectivity index (χ4n) is 2.12. The minimum atomic E-state index is -1.42. The number of H-pyrrole nitrogens is 5. The topological polar surface area (TPSA) is 454 Å². The van der Waals surface area contributed by atoms with Gasteiger partial charge >= 0.3 is 35.8 Å². The zero-order valence-electron chi connectivity index (χ0n) is 23.0. The number of carboxylic acid groups (broad SMARTS) is 6. The average Bonchev–Trinajstić information content (AvgIpc) is 3.85. The second-order valence-corrected chi connectivity index (χ2v) is 7.17. The molecule has 0 aliphatic heterocycles. The monoisotopic (exact) mass is 668 g/mol. The van der Waals surface area contributed by atoms with Crippen LogP contribution >= 0.6 is 0 Å². The van der Waals surface area contributed by atoms with E-state index in [1.807, 2.05) is 10.3 Å². The molecule has 0 unspecified atom stereocenters. The number of ether oxygens (including phenoxy) is 1. The van der Waals surface area contributed by atoms with Crippen molar-refractivity contribution in [3.63, 3.8) is 0 Å². The van der Waals surface area contributed by atoms with Gasteiger partial charge in [0.05, 0.1) is 6.20 Å². The number of tetrazole rings is 1. The van der Waals surface area contributed by atoms with E-state index in [2.05, 4.69) is 71.5 Å². The van der Waals surface area contributed by atoms with Crippen molar-refractivity contribution >= 4 is 35.8 Å². The first-order valence-corrected chi connectivity index (χ1v) is 11.4. The summed E-state index contributed by atoms with van der Waals surface area (Å²) in [5.74, 6) is -7.61. The maximum atomic E-state index is 10.2. The Balaban J connectivity index is 0.000000296. The Morgan fingerprint density at radius 2 is 1.38 bits per heavy atom. The van der Waals surface area contributed by atoms with Crippen molar-refractivity contribution in [3.05, 3.63) is 52.9 Å². The lowest BCUT2D eigenvalue weighted by Gasteiger charge is -1.85. The van der Waals surface area contributed by atoms with Gasteiger partial charge in [0.25, 0.3) is 5.82 Å². The third kappa shape index (κ3) is 14.4. The Hall–Kier alpha value is -7.59. The van der Waals surface area contributed by atoms with Crippen LogP contribution in [0, 0.1) is 0 Å². The van der Waals surface area contributed by atoms with Crippen LogP contribution in [0.25, 0.3) is 0 Å². The maximum Gasteiger partial charge on any atom is 0.375 e. The summed E-state index contributed by atoms with van der Waals surface area (Å²) >= 11 is 0. The van der Waals surface area contributed by atoms with Crippen LogP contribution in [-0.2, 0) is 22.6 Å². The quantitative estimate of drug-likeness (QED) is 0.0731. The molecule has 0 radical (unpaired) electrons. The summed E-state index contributed by atoms with van der Waals surface area (Å²) in [4.78, 5) is 67.3. The first-order chi connectivity index (χ1) is 22.3. The summed E-state index contributed by atoms with van der Waals surface area (Å²) in [6.45, 7) is 0.413. The second-order valence-electron chi connectivity index (χ2n) is 7.17. The Morgan fingerprint density at radius 1 is 0.723 bits per heavy atom. The summed E-state index contributed by atoms with van der Waals surface area (Å²) in [6, 6.07) is 0. The van der Waals surface area contributed by atoms with Crippen LogP contribution in [0.1, 0.15) is 64.4 Å². The van der Waals surface area contributed by atoms with Crippen LogP contribution in [0.5, 0.6) is 0 Å². The van der Waals surface area contributed by atoms with Crippen LogP contribution in [0.15, 0.2) is 12.5 Å². The molecular weight excluding hydrogens is 648 g/mol. The fourth-order valence-corrected chi connectivity index (χ4v) is 2.12. The Labute approximate surface area is 255 Å². The maximum absolute atomic E-state index is 10.2. The van der Waals surface area contributed by atoms with Crippen molar-refractivity contribution < 1.29 is 64.1 Å². The summed E-state index contributed by atoms with van der Waals surface area (Å²) in [7, 11) is 1.58. The van der Waals surface area contributed by atoms with E-state index in [1.54, 1.807) is 7.11 Å². The van der Waals surface area contributed by atoms with Gasteiger partial charge in [-0.05, 0) is 0 Å². The van der Waals surface area contributed by atoms with Gasteiger partial charge in [-0.15, -0.1) is 30.6 Å². The molecule has 0 bridgehead atoms. The molecule has 0 aromatic carbocycles. The number of methoxy groups -OCH3 is 1. The SMILES string of the molecule is COCc1nn[nH]n1.O=C(O)Cc1ncn[nH]1.O=C(O)c1cn[nH]n1.O=C(O)c1n[nH]c(C(=O)O)n1.O=C(O)c1n[nH]nc1C(=O)O. The number of rotatable bonds is 9. The van der Waals surface area contributed by atoms with Crippen molar-refractivity contribution in [2.45, 2.75) is 13.0 Å². The molecule has 0 spiro atoms. The van der Waals surface area contributed by atoms with E-state index >= 15 is 0 Å². The zero-order valence-corrected chi connectivity index (χ0v) is 23.0. The van der Waals surface area contributed by atoms with Crippen LogP contribution in [0.3, 0.4) is 0 Å². The lowest BCUT2D eigenvalue weighted by Crippen LogP contribution is -2.07. The fraction of sp³-hybridized carbons (Fsp3) is 0.167. The van der Waals surface area contributed by atoms with Crippen LogP contribution in [-0.4, -0.2) is 155 Å². The van der Waals surface area contributed by atoms with E-state index in [1.165, 1.54) is 6.33 Å². The summed E-state index contributed by atoms with van der Waals surface area (Å²) in [6.07, 6.45) is 2.32. The number of carbonyl (C=O) groups is 6. The minimum absolute atomic E-state index is 0.0648. The summed E-state index contributed by atoms with van der Waals surface area (Å²) < 4.78 is 4.70. The second kappa shape index (κ2) is 19.6. The number of aliphatic carboxylic acids is 1. The molecule has 29 heteroatoms. The highest BCUT2D eigenvalue weighted by molar-refractivity contribution is 5.98. The van der Waals surface area contributed by atoms with Crippen molar-refractivity contribution in [1.29, 1.82) is 0 Å². The predicted octanol–water partition coefficient (Wildman–Crippen LogP) is -3.32. The number of hydrogen-bond acceptors (Lipinski definition) is 18. The van der Waals surface area contributed by atoms with Gasteiger partial charge in [-0.3, -0.25) is 15.0 Å². The van der Waals surface area contributed by atoms with Gasteiger partial charge in [0.2, 0.25) is 17.2 Å². The number of hydrogen-bond donors (Lipinski definition) is 11.